The number of hydrogen-bond donors (Lipinski definition) is 8. The van der Waals surface area contributed by atoms with Crippen molar-refractivity contribution in [3.05, 3.63) is 0 Å². The Kier molecular flexibility index (Phi) is 242. The summed E-state index contributed by atoms with van der Waals surface area (Å²) in [6.45, 7) is 27.4. The number of carbonyl (C=O) groups excluding carboxylic acids is 4. The van der Waals surface area contributed by atoms with Crippen LogP contribution >= 0.6 is 0 Å². The molecule has 0 aromatic heterocycles. The van der Waals surface area contributed by atoms with Crippen molar-refractivity contribution in [3.63, 3.8) is 0 Å². The standard InChI is InChI=1S/2C5H13N.2C4H8O.2C3H7NO.2C2H7N.4C2H4O2.6CH4/c2*1-4-6(3)5-2;2*1-3-4(2)5;2*1-3(5)4-2;2*1-3-2;4*1-2(3)4;;;;;;/h2*4-5H2,1-3H3;2*3H2,1-2H3;2*1-2H3,(H,4,5);2*3H,1-2H3;4*1H3,(H,3,4);6*1H4. The molecule has 0 saturated heterocycles. The summed E-state index contributed by atoms with van der Waals surface area (Å²) >= 11 is 0. The number of rotatable bonds is 6. The summed E-state index contributed by atoms with van der Waals surface area (Å²) in [4.78, 5) is 79.5. The van der Waals surface area contributed by atoms with E-state index >= 15 is 0 Å². The molecule has 18 heteroatoms. The van der Waals surface area contributed by atoms with Crippen molar-refractivity contribution in [1.82, 2.24) is 31.1 Å². The van der Waals surface area contributed by atoms with Gasteiger partial charge in [0.25, 0.3) is 23.9 Å². The molecule has 18 nitrogen and oxygen atoms in total. The maximum atomic E-state index is 9.81. The summed E-state index contributed by atoms with van der Waals surface area (Å²) in [6, 6.07) is 0. The van der Waals surface area contributed by atoms with Crippen LogP contribution in [0.3, 0.4) is 0 Å². The summed E-state index contributed by atoms with van der Waals surface area (Å²) in [5.74, 6) is -2.81. The molecular weight excluding hydrogens is 780 g/mol. The lowest BCUT2D eigenvalue weighted by molar-refractivity contribution is -0.135. The molecule has 0 bridgehead atoms. The molecule has 0 aliphatic rings. The minimum absolute atomic E-state index is 0. The Bertz CT molecular complexity index is 665. The Hall–Kier alpha value is -4.00. The van der Waals surface area contributed by atoms with Gasteiger partial charge in [-0.1, -0.05) is 86.1 Å². The quantitative estimate of drug-likeness (QED) is 0.130. The van der Waals surface area contributed by atoms with Crippen LogP contribution in [0.25, 0.3) is 0 Å². The van der Waals surface area contributed by atoms with E-state index in [-0.39, 0.29) is 67.9 Å². The number of aliphatic carboxylic acids is 4. The fraction of sp³-hybridized carbons (Fsp3) is 0.810. The lowest BCUT2D eigenvalue weighted by Gasteiger charge is -2.07. The van der Waals surface area contributed by atoms with Gasteiger partial charge in [-0.2, -0.15) is 0 Å². The average molecular weight is 891 g/mol. The molecule has 0 aromatic rings. The van der Waals surface area contributed by atoms with Crippen LogP contribution in [0.15, 0.2) is 0 Å². The summed E-state index contributed by atoms with van der Waals surface area (Å²) in [5.41, 5.74) is 0. The molecule has 0 aliphatic carbocycles. The molecule has 0 spiro atoms. The summed E-state index contributed by atoms with van der Waals surface area (Å²) < 4.78 is 0. The van der Waals surface area contributed by atoms with E-state index in [4.69, 9.17) is 39.6 Å². The third kappa shape index (κ3) is 1050. The van der Waals surface area contributed by atoms with E-state index in [1.807, 2.05) is 42.0 Å². The van der Waals surface area contributed by atoms with Gasteiger partial charge in [-0.05, 0) is 82.3 Å². The molecule has 0 fully saturated rings. The molecule has 0 rings (SSSR count). The van der Waals surface area contributed by atoms with E-state index in [0.717, 1.165) is 53.9 Å². The summed E-state index contributed by atoms with van der Waals surface area (Å²) in [6.07, 6.45) is 1.33. The molecule has 380 valence electrons. The second kappa shape index (κ2) is 124. The van der Waals surface area contributed by atoms with Gasteiger partial charge in [-0.3, -0.25) is 28.8 Å². The maximum absolute atomic E-state index is 9.81. The van der Waals surface area contributed by atoms with Crippen molar-refractivity contribution in [2.45, 2.75) is 154 Å². The number of ketones is 2. The fourth-order valence-electron chi connectivity index (χ4n) is 0.447. The molecule has 0 atom stereocenters. The molecule has 2 amide bonds. The zero-order valence-corrected chi connectivity index (χ0v) is 38.2. The maximum Gasteiger partial charge on any atom is 0.300 e. The second-order valence-electron chi connectivity index (χ2n) is 9.78. The van der Waals surface area contributed by atoms with E-state index in [0.29, 0.717) is 12.8 Å². The van der Waals surface area contributed by atoms with Crippen LogP contribution in [0.5, 0.6) is 0 Å². The predicted octanol–water partition coefficient (Wildman–Crippen LogP) is 7.24. The van der Waals surface area contributed by atoms with Gasteiger partial charge in [0.2, 0.25) is 11.8 Å². The average Bonchev–Trinajstić information content (AvgIpc) is 3.04. The first-order chi connectivity index (χ1) is 24.5. The van der Waals surface area contributed by atoms with Gasteiger partial charge in [-0.25, -0.2) is 0 Å². The zero-order chi connectivity index (χ0) is 46.8. The topological polar surface area (TPSA) is 272 Å². The van der Waals surface area contributed by atoms with Gasteiger partial charge in [0, 0.05) is 68.5 Å². The highest BCUT2D eigenvalue weighted by atomic mass is 16.4. The van der Waals surface area contributed by atoms with Crippen molar-refractivity contribution < 1.29 is 58.8 Å². The number of nitrogens with one attached hydrogen (secondary N) is 4. The lowest BCUT2D eigenvalue weighted by atomic mass is 10.4. The molecule has 0 aliphatic heterocycles. The van der Waals surface area contributed by atoms with Crippen molar-refractivity contribution in [2.75, 3.05) is 82.6 Å². The van der Waals surface area contributed by atoms with Crippen molar-refractivity contribution in [1.29, 1.82) is 0 Å². The van der Waals surface area contributed by atoms with Gasteiger partial charge < -0.3 is 61.1 Å². The molecule has 0 saturated carbocycles. The Balaban J connectivity index is -0.0000000200. The second-order valence-corrected chi connectivity index (χ2v) is 9.78. The first kappa shape index (κ1) is 117. The van der Waals surface area contributed by atoms with E-state index < -0.39 is 23.9 Å². The number of Topliss-reactive ketones (excluding diaryl/α,β-unsaturated/α-hetero) is 2. The Labute approximate surface area is 373 Å². The van der Waals surface area contributed by atoms with E-state index in [1.54, 1.807) is 27.9 Å². The van der Waals surface area contributed by atoms with Crippen molar-refractivity contribution >= 4 is 47.3 Å². The highest BCUT2D eigenvalue weighted by molar-refractivity contribution is 5.75. The Morgan fingerprint density at radius 3 is 0.433 bits per heavy atom. The van der Waals surface area contributed by atoms with Gasteiger partial charge in [0.05, 0.1) is 0 Å². The zero-order valence-electron chi connectivity index (χ0n) is 38.2. The lowest BCUT2D eigenvalue weighted by Crippen LogP contribution is -2.15. The van der Waals surface area contributed by atoms with Gasteiger partial charge in [0.15, 0.2) is 0 Å². The molecular formula is C42H110N6O12. The van der Waals surface area contributed by atoms with Gasteiger partial charge in [-0.15, -0.1) is 0 Å². The molecule has 60 heavy (non-hydrogen) atoms. The molecule has 0 aromatic carbocycles. The molecule has 8 N–H and O–H groups in total. The number of carboxylic acid groups (broad SMARTS) is 4. The third-order valence-electron chi connectivity index (χ3n) is 3.86. The van der Waals surface area contributed by atoms with Crippen LogP contribution in [-0.2, 0) is 38.4 Å². The normalized spacial score (nSPS) is 6.67. The highest BCUT2D eigenvalue weighted by Crippen LogP contribution is 1.74. The third-order valence-corrected chi connectivity index (χ3v) is 3.86. The monoisotopic (exact) mass is 891 g/mol. The van der Waals surface area contributed by atoms with Crippen LogP contribution in [-0.4, -0.2) is 160 Å². The minimum atomic E-state index is -0.833. The highest BCUT2D eigenvalue weighted by Gasteiger charge is 1.82. The number of hydrogen-bond acceptors (Lipinski definition) is 12. The number of carbonyl (C=O) groups is 8. The minimum Gasteiger partial charge on any atom is -0.481 e. The van der Waals surface area contributed by atoms with Crippen molar-refractivity contribution in [3.8, 4) is 0 Å². The van der Waals surface area contributed by atoms with Gasteiger partial charge >= 0.3 is 0 Å². The number of amides is 2. The molecule has 0 unspecified atom stereocenters. The summed E-state index contributed by atoms with van der Waals surface area (Å²) in [5, 5.41) is 39.9. The fourth-order valence-corrected chi connectivity index (χ4v) is 0.447. The molecule has 0 radical (unpaired) electrons. The molecule has 0 heterocycles. The van der Waals surface area contributed by atoms with Crippen LogP contribution in [0.4, 0.5) is 0 Å². The first-order valence-electron chi connectivity index (χ1n) is 17.1. The van der Waals surface area contributed by atoms with Crippen LogP contribution < -0.4 is 21.3 Å². The van der Waals surface area contributed by atoms with Crippen molar-refractivity contribution in [2.24, 2.45) is 0 Å². The first-order valence-corrected chi connectivity index (χ1v) is 17.1. The smallest absolute Gasteiger partial charge is 0.300 e. The Morgan fingerprint density at radius 1 is 0.367 bits per heavy atom. The van der Waals surface area contributed by atoms with Crippen LogP contribution in [0.2, 0.25) is 0 Å². The SMILES string of the molecule is C.C.C.C.C.C.CC(=O)O.CC(=O)O.CC(=O)O.CC(=O)O.CCC(C)=O.CCC(C)=O.CCN(C)CC.CCN(C)CC.CNC.CNC.CNC(C)=O.CNC(C)=O. The van der Waals surface area contributed by atoms with E-state index in [9.17, 15) is 19.2 Å². The number of nitrogens with zero attached hydrogens (tertiary/aromatic N) is 2. The van der Waals surface area contributed by atoms with Crippen LogP contribution in [0, 0.1) is 0 Å². The van der Waals surface area contributed by atoms with E-state index in [1.165, 1.54) is 13.8 Å². The number of carboxylic acids is 4. The predicted molar refractivity (Wildman–Crippen MR) is 263 cm³/mol. The largest absolute Gasteiger partial charge is 0.481 e. The van der Waals surface area contributed by atoms with Gasteiger partial charge in [0.1, 0.15) is 11.6 Å². The Morgan fingerprint density at radius 2 is 0.433 bits per heavy atom. The van der Waals surface area contributed by atoms with E-state index in [2.05, 4.69) is 72.9 Å². The summed E-state index contributed by atoms with van der Waals surface area (Å²) in [7, 11) is 14.9. The van der Waals surface area contributed by atoms with Crippen LogP contribution in [0.1, 0.15) is 154 Å².